The van der Waals surface area contributed by atoms with E-state index in [1.807, 2.05) is 26.0 Å². The highest BCUT2D eigenvalue weighted by atomic mass is 32.1. The first kappa shape index (κ1) is 20.3. The Morgan fingerprint density at radius 2 is 1.41 bits per heavy atom. The number of nitrogens with one attached hydrogen (secondary N) is 3. The minimum atomic E-state index is -0.404. The second-order valence-corrected chi connectivity index (χ2v) is 6.23. The Morgan fingerprint density at radius 3 is 1.89 bits per heavy atom. The molecule has 0 aliphatic heterocycles. The lowest BCUT2D eigenvalue weighted by molar-refractivity contribution is 0.0943. The van der Waals surface area contributed by atoms with Crippen LogP contribution in [0.2, 0.25) is 0 Å². The number of anilines is 1. The molecule has 0 saturated heterocycles. The van der Waals surface area contributed by atoms with Gasteiger partial charge in [0.1, 0.15) is 0 Å². The van der Waals surface area contributed by atoms with Gasteiger partial charge in [-0.1, -0.05) is 6.07 Å². The highest BCUT2D eigenvalue weighted by Crippen LogP contribution is 2.38. The van der Waals surface area contributed by atoms with Gasteiger partial charge in [0.05, 0.1) is 21.3 Å². The fourth-order valence-electron chi connectivity index (χ4n) is 2.61. The average Bonchev–Trinajstić information content (AvgIpc) is 2.63. The number of aryl methyl sites for hydroxylation is 2. The number of thiocarbonyl (C=S) groups is 1. The number of hydrazine groups is 1. The lowest BCUT2D eigenvalue weighted by atomic mass is 10.1. The van der Waals surface area contributed by atoms with E-state index in [0.717, 1.165) is 16.8 Å². The Morgan fingerprint density at radius 1 is 0.852 bits per heavy atom. The standard InChI is InChI=1S/C19H23N3O4S/c1-11-6-12(2)8-14(7-11)20-19(27)22-21-18(23)13-9-15(24-3)17(26-5)16(10-13)25-4/h6-10H,1-5H3,(H,21,23)(H2,20,22,27). The first-order valence-electron chi connectivity index (χ1n) is 8.13. The Kier molecular flexibility index (Phi) is 6.84. The van der Waals surface area contributed by atoms with Gasteiger partial charge in [0.25, 0.3) is 5.91 Å². The molecule has 0 radical (unpaired) electrons. The Labute approximate surface area is 164 Å². The summed E-state index contributed by atoms with van der Waals surface area (Å²) in [6.07, 6.45) is 0. The van der Waals surface area contributed by atoms with Crippen molar-refractivity contribution in [2.24, 2.45) is 0 Å². The number of amides is 1. The Bertz CT molecular complexity index is 810. The smallest absolute Gasteiger partial charge is 0.269 e. The topological polar surface area (TPSA) is 80.9 Å². The fraction of sp³-hybridized carbons (Fsp3) is 0.263. The zero-order valence-electron chi connectivity index (χ0n) is 15.9. The molecule has 8 heteroatoms. The molecule has 0 aliphatic carbocycles. The van der Waals surface area contributed by atoms with Crippen LogP contribution in [0.4, 0.5) is 5.69 Å². The molecule has 0 heterocycles. The molecule has 0 atom stereocenters. The summed E-state index contributed by atoms with van der Waals surface area (Å²) in [5.41, 5.74) is 8.61. The average molecular weight is 389 g/mol. The maximum Gasteiger partial charge on any atom is 0.269 e. The van der Waals surface area contributed by atoms with Crippen molar-refractivity contribution in [1.82, 2.24) is 10.9 Å². The van der Waals surface area contributed by atoms with Crippen molar-refractivity contribution in [3.63, 3.8) is 0 Å². The van der Waals surface area contributed by atoms with E-state index in [-0.39, 0.29) is 5.11 Å². The van der Waals surface area contributed by atoms with Gasteiger partial charge in [0.2, 0.25) is 5.75 Å². The summed E-state index contributed by atoms with van der Waals surface area (Å²) in [6, 6.07) is 9.09. The summed E-state index contributed by atoms with van der Waals surface area (Å²) in [6.45, 7) is 4.00. The van der Waals surface area contributed by atoms with E-state index in [0.29, 0.717) is 22.8 Å². The summed E-state index contributed by atoms with van der Waals surface area (Å²) in [7, 11) is 4.47. The van der Waals surface area contributed by atoms with Crippen molar-refractivity contribution < 1.29 is 19.0 Å². The molecule has 1 amide bonds. The molecule has 3 N–H and O–H groups in total. The van der Waals surface area contributed by atoms with Gasteiger partial charge in [-0.3, -0.25) is 15.6 Å². The monoisotopic (exact) mass is 389 g/mol. The van der Waals surface area contributed by atoms with Crippen LogP contribution in [0.25, 0.3) is 0 Å². The predicted octanol–water partition coefficient (Wildman–Crippen LogP) is 2.96. The molecule has 0 aromatic heterocycles. The summed E-state index contributed by atoms with van der Waals surface area (Å²) in [5, 5.41) is 3.29. The zero-order valence-corrected chi connectivity index (χ0v) is 16.7. The molecule has 0 fully saturated rings. The molecule has 0 saturated carbocycles. The van der Waals surface area contributed by atoms with E-state index in [9.17, 15) is 4.79 Å². The van der Waals surface area contributed by atoms with Crippen LogP contribution in [0.5, 0.6) is 17.2 Å². The van der Waals surface area contributed by atoms with Crippen molar-refractivity contribution in [3.05, 3.63) is 47.0 Å². The van der Waals surface area contributed by atoms with Crippen LogP contribution in [0.3, 0.4) is 0 Å². The number of hydrogen-bond donors (Lipinski definition) is 3. The van der Waals surface area contributed by atoms with Crippen LogP contribution in [0.15, 0.2) is 30.3 Å². The number of benzene rings is 2. The summed E-state index contributed by atoms with van der Waals surface area (Å²) >= 11 is 5.22. The quantitative estimate of drug-likeness (QED) is 0.536. The van der Waals surface area contributed by atoms with Gasteiger partial charge in [-0.25, -0.2) is 0 Å². The molecule has 2 aromatic carbocycles. The van der Waals surface area contributed by atoms with Crippen molar-refractivity contribution in [1.29, 1.82) is 0 Å². The maximum atomic E-state index is 12.4. The summed E-state index contributed by atoms with van der Waals surface area (Å²) in [5.74, 6) is 0.784. The second kappa shape index (κ2) is 9.09. The normalized spacial score (nSPS) is 9.96. The first-order chi connectivity index (χ1) is 12.9. The number of carbonyl (C=O) groups excluding carboxylic acids is 1. The SMILES string of the molecule is COc1cc(C(=O)NNC(=S)Nc2cc(C)cc(C)c2)cc(OC)c1OC. The van der Waals surface area contributed by atoms with E-state index < -0.39 is 5.91 Å². The number of hydrogen-bond acceptors (Lipinski definition) is 5. The Balaban J connectivity index is 2.05. The molecule has 2 aromatic rings. The highest BCUT2D eigenvalue weighted by molar-refractivity contribution is 7.80. The minimum Gasteiger partial charge on any atom is -0.493 e. The Hall–Kier alpha value is -3.00. The third-order valence-corrected chi connectivity index (χ3v) is 3.90. The van der Waals surface area contributed by atoms with Crippen molar-refractivity contribution >= 4 is 28.9 Å². The van der Waals surface area contributed by atoms with Gasteiger partial charge in [-0.15, -0.1) is 0 Å². The van der Waals surface area contributed by atoms with E-state index in [4.69, 9.17) is 26.4 Å². The molecule has 0 spiro atoms. The molecule has 144 valence electrons. The molecule has 7 nitrogen and oxygen atoms in total. The molecule has 27 heavy (non-hydrogen) atoms. The number of carbonyl (C=O) groups is 1. The predicted molar refractivity (Wildman–Crippen MR) is 109 cm³/mol. The lowest BCUT2D eigenvalue weighted by Gasteiger charge is -2.15. The van der Waals surface area contributed by atoms with Crippen molar-refractivity contribution in [2.45, 2.75) is 13.8 Å². The number of ether oxygens (including phenoxy) is 3. The third kappa shape index (κ3) is 5.24. The van der Waals surface area contributed by atoms with E-state index in [1.54, 1.807) is 12.1 Å². The van der Waals surface area contributed by atoms with Crippen LogP contribution in [0.1, 0.15) is 21.5 Å². The van der Waals surface area contributed by atoms with Gasteiger partial charge in [0.15, 0.2) is 16.6 Å². The van der Waals surface area contributed by atoms with E-state index in [2.05, 4.69) is 22.2 Å². The number of rotatable bonds is 5. The van der Waals surface area contributed by atoms with Crippen LogP contribution < -0.4 is 30.4 Å². The largest absolute Gasteiger partial charge is 0.493 e. The van der Waals surface area contributed by atoms with Crippen molar-refractivity contribution in [3.8, 4) is 17.2 Å². The second-order valence-electron chi connectivity index (χ2n) is 5.82. The molecule has 0 aliphatic rings. The van der Waals surface area contributed by atoms with Crippen molar-refractivity contribution in [2.75, 3.05) is 26.6 Å². The van der Waals surface area contributed by atoms with Crippen LogP contribution >= 0.6 is 12.2 Å². The molecular weight excluding hydrogens is 366 g/mol. The van der Waals surface area contributed by atoms with Crippen LogP contribution in [-0.2, 0) is 0 Å². The first-order valence-corrected chi connectivity index (χ1v) is 8.54. The van der Waals surface area contributed by atoms with Crippen LogP contribution in [-0.4, -0.2) is 32.3 Å². The minimum absolute atomic E-state index is 0.265. The number of methoxy groups -OCH3 is 3. The van der Waals surface area contributed by atoms with Gasteiger partial charge in [0, 0.05) is 11.3 Å². The third-order valence-electron chi connectivity index (χ3n) is 3.70. The molecule has 0 unspecified atom stereocenters. The van der Waals surface area contributed by atoms with Crippen LogP contribution in [0, 0.1) is 13.8 Å². The van der Waals surface area contributed by atoms with Gasteiger partial charge in [-0.05, 0) is 61.5 Å². The fourth-order valence-corrected chi connectivity index (χ4v) is 2.78. The molecule has 0 bridgehead atoms. The van der Waals surface area contributed by atoms with E-state index >= 15 is 0 Å². The van der Waals surface area contributed by atoms with Gasteiger partial charge in [-0.2, -0.15) is 0 Å². The summed E-state index contributed by atoms with van der Waals surface area (Å²) < 4.78 is 15.8. The summed E-state index contributed by atoms with van der Waals surface area (Å²) in [4.78, 5) is 12.4. The zero-order chi connectivity index (χ0) is 20.0. The lowest BCUT2D eigenvalue weighted by Crippen LogP contribution is -2.43. The van der Waals surface area contributed by atoms with Gasteiger partial charge < -0.3 is 19.5 Å². The molecule has 2 rings (SSSR count). The van der Waals surface area contributed by atoms with E-state index in [1.165, 1.54) is 21.3 Å². The van der Waals surface area contributed by atoms with Gasteiger partial charge >= 0.3 is 0 Å². The maximum absolute atomic E-state index is 12.4. The highest BCUT2D eigenvalue weighted by Gasteiger charge is 2.17. The molecular formula is C19H23N3O4S.